The number of carbonyl (C=O) groups excluding carboxylic acids is 2. The van der Waals surface area contributed by atoms with Gasteiger partial charge in [0.1, 0.15) is 0 Å². The van der Waals surface area contributed by atoms with E-state index in [1.165, 1.54) is 4.90 Å². The zero-order chi connectivity index (χ0) is 17.4. The summed E-state index contributed by atoms with van der Waals surface area (Å²) in [6.07, 6.45) is 4.73. The maximum absolute atomic E-state index is 13.2. The molecule has 1 aromatic carbocycles. The quantitative estimate of drug-likeness (QED) is 0.812. The predicted molar refractivity (Wildman–Crippen MR) is 101 cm³/mol. The molecule has 1 aliphatic carbocycles. The molecular weight excluding hydrogens is 332 g/mol. The summed E-state index contributed by atoms with van der Waals surface area (Å²) in [4.78, 5) is 30.6. The van der Waals surface area contributed by atoms with Crippen LogP contribution in [0.2, 0.25) is 0 Å². The molecule has 0 aromatic heterocycles. The van der Waals surface area contributed by atoms with Crippen LogP contribution in [0, 0.1) is 11.8 Å². The number of anilines is 1. The first-order valence-electron chi connectivity index (χ1n) is 9.49. The molecule has 1 atom stereocenters. The Hall–Kier alpha value is -1.49. The van der Waals surface area contributed by atoms with Gasteiger partial charge in [-0.1, -0.05) is 19.1 Å². The van der Waals surface area contributed by atoms with Crippen molar-refractivity contribution in [2.45, 2.75) is 49.2 Å². The molecule has 0 bridgehead atoms. The second-order valence-electron chi connectivity index (χ2n) is 7.55. The van der Waals surface area contributed by atoms with Crippen molar-refractivity contribution in [2.75, 3.05) is 24.5 Å². The summed E-state index contributed by atoms with van der Waals surface area (Å²) < 4.78 is 0. The minimum absolute atomic E-state index is 0.0507. The summed E-state index contributed by atoms with van der Waals surface area (Å²) in [5, 5.41) is 0.525. The van der Waals surface area contributed by atoms with Crippen LogP contribution in [0.3, 0.4) is 0 Å². The Morgan fingerprint density at radius 3 is 2.32 bits per heavy atom. The van der Waals surface area contributed by atoms with Gasteiger partial charge < -0.3 is 9.80 Å². The fraction of sp³-hybridized carbons (Fsp3) is 0.600. The fourth-order valence-electron chi connectivity index (χ4n) is 3.87. The van der Waals surface area contributed by atoms with E-state index in [0.717, 1.165) is 57.4 Å². The maximum Gasteiger partial charge on any atom is 0.230 e. The molecule has 0 radical (unpaired) electrons. The monoisotopic (exact) mass is 358 g/mol. The van der Waals surface area contributed by atoms with Crippen molar-refractivity contribution in [3.63, 3.8) is 0 Å². The second kappa shape index (κ2) is 7.02. The highest BCUT2D eigenvalue weighted by atomic mass is 32.2. The van der Waals surface area contributed by atoms with Crippen molar-refractivity contribution in [3.8, 4) is 0 Å². The number of nitrogens with zero attached hydrogens (tertiary/aromatic N) is 2. The highest BCUT2D eigenvalue weighted by Gasteiger charge is 2.37. The molecule has 1 saturated heterocycles. The Morgan fingerprint density at radius 1 is 0.920 bits per heavy atom. The van der Waals surface area contributed by atoms with E-state index in [2.05, 4.69) is 25.1 Å². The van der Waals surface area contributed by atoms with E-state index in [1.807, 2.05) is 27.6 Å². The van der Waals surface area contributed by atoms with Crippen LogP contribution in [0.5, 0.6) is 0 Å². The van der Waals surface area contributed by atoms with Crippen LogP contribution >= 0.6 is 11.8 Å². The first-order chi connectivity index (χ1) is 12.1. The maximum atomic E-state index is 13.2. The highest BCUT2D eigenvalue weighted by Crippen LogP contribution is 2.39. The Balaban J connectivity index is 1.45. The fourth-order valence-corrected chi connectivity index (χ4v) is 4.98. The molecular formula is C20H26N2O2S. The van der Waals surface area contributed by atoms with Gasteiger partial charge in [0.15, 0.2) is 0 Å². The smallest absolute Gasteiger partial charge is 0.230 e. The lowest BCUT2D eigenvalue weighted by molar-refractivity contribution is -0.136. The number of likely N-dealkylation sites (tertiary alicyclic amines) is 1. The van der Waals surface area contributed by atoms with E-state index in [9.17, 15) is 9.59 Å². The number of fused-ring (bicyclic) bond motifs is 1. The predicted octanol–water partition coefficient (Wildman–Crippen LogP) is 3.55. The van der Waals surface area contributed by atoms with Crippen LogP contribution in [0.15, 0.2) is 29.2 Å². The van der Waals surface area contributed by atoms with Crippen LogP contribution < -0.4 is 4.90 Å². The third-order valence-corrected chi connectivity index (χ3v) is 6.83. The standard InChI is InChI=1S/C20H26N2O2S/c1-14-8-13-22(17-4-2-3-5-18(17)25-14)20(24)16-9-11-21(12-10-16)19(23)15-6-7-15/h2-5,14-16H,6-13H2,1H3. The van der Waals surface area contributed by atoms with Crippen LogP contribution in [-0.2, 0) is 9.59 Å². The van der Waals surface area contributed by atoms with Crippen LogP contribution in [0.25, 0.3) is 0 Å². The number of carbonyl (C=O) groups is 2. The van der Waals surface area contributed by atoms with Gasteiger partial charge in [-0.05, 0) is 44.2 Å². The number of rotatable bonds is 2. The molecule has 25 heavy (non-hydrogen) atoms. The van der Waals surface area contributed by atoms with Crippen LogP contribution in [-0.4, -0.2) is 41.6 Å². The Bertz CT molecular complexity index is 665. The lowest BCUT2D eigenvalue weighted by Gasteiger charge is -2.34. The van der Waals surface area contributed by atoms with E-state index >= 15 is 0 Å². The van der Waals surface area contributed by atoms with Crippen molar-refractivity contribution in [2.24, 2.45) is 11.8 Å². The molecule has 1 saturated carbocycles. The number of benzene rings is 1. The van der Waals surface area contributed by atoms with Gasteiger partial charge in [0.2, 0.25) is 11.8 Å². The normalized spacial score (nSPS) is 24.6. The molecule has 2 aliphatic heterocycles. The second-order valence-corrected chi connectivity index (χ2v) is 9.03. The molecule has 4 nitrogen and oxygen atoms in total. The van der Waals surface area contributed by atoms with Gasteiger partial charge in [-0.15, -0.1) is 11.8 Å². The molecule has 2 heterocycles. The lowest BCUT2D eigenvalue weighted by atomic mass is 9.94. The molecule has 0 N–H and O–H groups in total. The topological polar surface area (TPSA) is 40.6 Å². The molecule has 2 amide bonds. The van der Waals surface area contributed by atoms with Gasteiger partial charge in [-0.2, -0.15) is 0 Å². The van der Waals surface area contributed by atoms with E-state index in [4.69, 9.17) is 0 Å². The number of hydrogen-bond donors (Lipinski definition) is 0. The molecule has 2 fully saturated rings. The summed E-state index contributed by atoms with van der Waals surface area (Å²) in [5.41, 5.74) is 1.07. The Kier molecular flexibility index (Phi) is 4.76. The minimum Gasteiger partial charge on any atom is -0.342 e. The van der Waals surface area contributed by atoms with Gasteiger partial charge in [-0.3, -0.25) is 9.59 Å². The van der Waals surface area contributed by atoms with E-state index in [0.29, 0.717) is 11.2 Å². The summed E-state index contributed by atoms with van der Waals surface area (Å²) in [7, 11) is 0. The average Bonchev–Trinajstić information content (AvgIpc) is 3.48. The molecule has 134 valence electrons. The number of thioether (sulfide) groups is 1. The lowest BCUT2D eigenvalue weighted by Crippen LogP contribution is -2.45. The Morgan fingerprint density at radius 2 is 1.60 bits per heavy atom. The van der Waals surface area contributed by atoms with Gasteiger partial charge >= 0.3 is 0 Å². The SMILES string of the molecule is CC1CCN(C(=O)C2CCN(C(=O)C3CC3)CC2)c2ccccc2S1. The van der Waals surface area contributed by atoms with Crippen molar-refractivity contribution in [1.82, 2.24) is 4.90 Å². The summed E-state index contributed by atoms with van der Waals surface area (Å²) in [6.45, 7) is 4.52. The average molecular weight is 359 g/mol. The van der Waals surface area contributed by atoms with Gasteiger partial charge in [0.05, 0.1) is 5.69 Å². The van der Waals surface area contributed by atoms with Crippen molar-refractivity contribution >= 4 is 29.3 Å². The number of para-hydroxylation sites is 1. The van der Waals surface area contributed by atoms with Crippen LogP contribution in [0.4, 0.5) is 5.69 Å². The molecule has 1 unspecified atom stereocenters. The van der Waals surface area contributed by atoms with Crippen LogP contribution in [0.1, 0.15) is 39.0 Å². The summed E-state index contributed by atoms with van der Waals surface area (Å²) in [5.74, 6) is 0.898. The van der Waals surface area contributed by atoms with Gasteiger partial charge in [0.25, 0.3) is 0 Å². The van der Waals surface area contributed by atoms with E-state index in [1.54, 1.807) is 0 Å². The van der Waals surface area contributed by atoms with Crippen molar-refractivity contribution in [3.05, 3.63) is 24.3 Å². The summed E-state index contributed by atoms with van der Waals surface area (Å²) >= 11 is 1.87. The molecule has 0 spiro atoms. The molecule has 4 rings (SSSR count). The summed E-state index contributed by atoms with van der Waals surface area (Å²) in [6, 6.07) is 8.27. The zero-order valence-electron chi connectivity index (χ0n) is 14.8. The van der Waals surface area contributed by atoms with E-state index in [-0.39, 0.29) is 17.7 Å². The zero-order valence-corrected chi connectivity index (χ0v) is 15.6. The van der Waals surface area contributed by atoms with E-state index < -0.39 is 0 Å². The number of hydrogen-bond acceptors (Lipinski definition) is 3. The third kappa shape index (κ3) is 3.57. The Labute approximate surface area is 153 Å². The molecule has 5 heteroatoms. The van der Waals surface area contributed by atoms with Gasteiger partial charge in [-0.25, -0.2) is 0 Å². The highest BCUT2D eigenvalue weighted by molar-refractivity contribution is 8.00. The van der Waals surface area contributed by atoms with Crippen molar-refractivity contribution < 1.29 is 9.59 Å². The van der Waals surface area contributed by atoms with Crippen molar-refractivity contribution in [1.29, 1.82) is 0 Å². The van der Waals surface area contributed by atoms with Gasteiger partial charge in [0, 0.05) is 41.6 Å². The third-order valence-electron chi connectivity index (χ3n) is 5.59. The number of amides is 2. The molecule has 1 aromatic rings. The minimum atomic E-state index is 0.0507. The largest absolute Gasteiger partial charge is 0.342 e. The first-order valence-corrected chi connectivity index (χ1v) is 10.4. The number of piperidine rings is 1. The first kappa shape index (κ1) is 17.0. The molecule has 3 aliphatic rings.